The third-order valence-electron chi connectivity index (χ3n) is 3.80. The maximum atomic E-state index is 12.3. The number of rotatable bonds is 3. The van der Waals surface area contributed by atoms with Crippen LogP contribution < -0.4 is 0 Å². The second-order valence-corrected chi connectivity index (χ2v) is 5.76. The number of carbonyl (C=O) groups is 1. The second-order valence-electron chi connectivity index (χ2n) is 5.36. The minimum absolute atomic E-state index is 0.00755. The van der Waals surface area contributed by atoms with Crippen molar-refractivity contribution in [1.82, 2.24) is 4.90 Å². The van der Waals surface area contributed by atoms with Crippen molar-refractivity contribution < 1.29 is 9.90 Å². The van der Waals surface area contributed by atoms with E-state index in [1.54, 1.807) is 11.0 Å². The van der Waals surface area contributed by atoms with Crippen molar-refractivity contribution in [3.05, 3.63) is 28.8 Å². The Morgan fingerprint density at radius 2 is 2.05 bits per heavy atom. The highest BCUT2D eigenvalue weighted by molar-refractivity contribution is 6.32. The lowest BCUT2D eigenvalue weighted by molar-refractivity contribution is 0.0760. The number of amides is 1. The Balaban J connectivity index is 1.99. The first-order chi connectivity index (χ1) is 9.08. The van der Waals surface area contributed by atoms with Gasteiger partial charge in [-0.2, -0.15) is 0 Å². The molecule has 1 aliphatic rings. The van der Waals surface area contributed by atoms with Gasteiger partial charge in [-0.15, -0.1) is 0 Å². The van der Waals surface area contributed by atoms with Gasteiger partial charge in [-0.25, -0.2) is 0 Å². The van der Waals surface area contributed by atoms with E-state index in [1.165, 1.54) is 44.2 Å². The van der Waals surface area contributed by atoms with Crippen LogP contribution >= 0.6 is 11.6 Å². The van der Waals surface area contributed by atoms with E-state index in [9.17, 15) is 9.90 Å². The molecule has 0 spiro atoms. The standard InChI is InChI=1S/C15H20ClNO2/c1-17(10-11-5-3-2-4-6-11)15(19)12-7-8-14(18)13(16)9-12/h7-9,11,18H,2-6,10H2,1H3. The number of aromatic hydroxyl groups is 1. The molecule has 0 atom stereocenters. The molecule has 4 heteroatoms. The molecule has 0 aromatic heterocycles. The van der Waals surface area contributed by atoms with Crippen LogP contribution in [0.5, 0.6) is 5.75 Å². The number of halogens is 1. The summed E-state index contributed by atoms with van der Waals surface area (Å²) in [5, 5.41) is 9.59. The molecule has 104 valence electrons. The van der Waals surface area contributed by atoms with Crippen molar-refractivity contribution in [3.8, 4) is 5.75 Å². The molecule has 0 bridgehead atoms. The maximum Gasteiger partial charge on any atom is 0.253 e. The third kappa shape index (κ3) is 3.63. The number of hydrogen-bond donors (Lipinski definition) is 1. The van der Waals surface area contributed by atoms with Crippen LogP contribution in [0.2, 0.25) is 5.02 Å². The van der Waals surface area contributed by atoms with E-state index < -0.39 is 0 Å². The van der Waals surface area contributed by atoms with Crippen molar-refractivity contribution in [2.24, 2.45) is 5.92 Å². The Kier molecular flexibility index (Phi) is 4.70. The molecule has 1 aromatic rings. The van der Waals surface area contributed by atoms with Crippen LogP contribution in [0.1, 0.15) is 42.5 Å². The Bertz CT molecular complexity index is 455. The van der Waals surface area contributed by atoms with Crippen molar-refractivity contribution >= 4 is 17.5 Å². The van der Waals surface area contributed by atoms with Gasteiger partial charge in [0, 0.05) is 19.2 Å². The molecular weight excluding hydrogens is 262 g/mol. The summed E-state index contributed by atoms with van der Waals surface area (Å²) in [4.78, 5) is 14.0. The van der Waals surface area contributed by atoms with Gasteiger partial charge in [0.15, 0.2) is 0 Å². The normalized spacial score (nSPS) is 16.3. The smallest absolute Gasteiger partial charge is 0.253 e. The molecule has 1 N–H and O–H groups in total. The van der Waals surface area contributed by atoms with E-state index in [4.69, 9.17) is 11.6 Å². The summed E-state index contributed by atoms with van der Waals surface area (Å²) >= 11 is 5.83. The number of carbonyl (C=O) groups excluding carboxylic acids is 1. The van der Waals surface area contributed by atoms with Crippen LogP contribution in [0.15, 0.2) is 18.2 Å². The molecule has 0 saturated heterocycles. The number of phenols is 1. The lowest BCUT2D eigenvalue weighted by atomic mass is 9.89. The van der Waals surface area contributed by atoms with Crippen molar-refractivity contribution in [2.45, 2.75) is 32.1 Å². The average Bonchev–Trinajstić information content (AvgIpc) is 2.42. The zero-order valence-corrected chi connectivity index (χ0v) is 12.0. The van der Waals surface area contributed by atoms with Crippen molar-refractivity contribution in [3.63, 3.8) is 0 Å². The van der Waals surface area contributed by atoms with Crippen LogP contribution in [0, 0.1) is 5.92 Å². The van der Waals surface area contributed by atoms with Gasteiger partial charge in [-0.3, -0.25) is 4.79 Å². The number of hydrogen-bond acceptors (Lipinski definition) is 2. The summed E-state index contributed by atoms with van der Waals surface area (Å²) < 4.78 is 0. The predicted octanol–water partition coefficient (Wildman–Crippen LogP) is 3.70. The Morgan fingerprint density at radius 3 is 2.68 bits per heavy atom. The Morgan fingerprint density at radius 1 is 1.37 bits per heavy atom. The van der Waals surface area contributed by atoms with Gasteiger partial charge in [0.1, 0.15) is 5.75 Å². The fraction of sp³-hybridized carbons (Fsp3) is 0.533. The number of benzene rings is 1. The van der Waals surface area contributed by atoms with Gasteiger partial charge in [-0.1, -0.05) is 30.9 Å². The minimum atomic E-state index is -0.0347. The summed E-state index contributed by atoms with van der Waals surface area (Å²) in [6, 6.07) is 4.60. The minimum Gasteiger partial charge on any atom is -0.506 e. The topological polar surface area (TPSA) is 40.5 Å². The quantitative estimate of drug-likeness (QED) is 0.918. The third-order valence-corrected chi connectivity index (χ3v) is 4.10. The first-order valence-electron chi connectivity index (χ1n) is 6.82. The highest BCUT2D eigenvalue weighted by atomic mass is 35.5. The molecule has 1 saturated carbocycles. The SMILES string of the molecule is CN(CC1CCCCC1)C(=O)c1ccc(O)c(Cl)c1. The molecule has 0 heterocycles. The molecule has 0 unspecified atom stereocenters. The Labute approximate surface area is 119 Å². The molecule has 1 amide bonds. The van der Waals surface area contributed by atoms with Gasteiger partial charge in [0.25, 0.3) is 5.91 Å². The summed E-state index contributed by atoms with van der Waals surface area (Å²) in [5.41, 5.74) is 0.529. The summed E-state index contributed by atoms with van der Waals surface area (Å²) in [5.74, 6) is 0.593. The number of phenolic OH excluding ortho intramolecular Hbond substituents is 1. The van der Waals surface area contributed by atoms with Gasteiger partial charge in [-0.05, 0) is 37.0 Å². The second kappa shape index (κ2) is 6.29. The van der Waals surface area contributed by atoms with Gasteiger partial charge >= 0.3 is 0 Å². The fourth-order valence-corrected chi connectivity index (χ4v) is 2.88. The first-order valence-corrected chi connectivity index (χ1v) is 7.19. The summed E-state index contributed by atoms with van der Waals surface area (Å²) in [6.45, 7) is 0.803. The number of nitrogens with zero attached hydrogens (tertiary/aromatic N) is 1. The molecule has 3 nitrogen and oxygen atoms in total. The van der Waals surface area contributed by atoms with E-state index in [1.807, 2.05) is 7.05 Å². The largest absolute Gasteiger partial charge is 0.506 e. The lowest BCUT2D eigenvalue weighted by Gasteiger charge is -2.27. The van der Waals surface area contributed by atoms with Crippen molar-refractivity contribution in [2.75, 3.05) is 13.6 Å². The first kappa shape index (κ1) is 14.2. The molecule has 1 aliphatic carbocycles. The predicted molar refractivity (Wildman–Crippen MR) is 76.7 cm³/mol. The lowest BCUT2D eigenvalue weighted by Crippen LogP contribution is -2.32. The molecule has 1 fully saturated rings. The van der Waals surface area contributed by atoms with E-state index >= 15 is 0 Å². The van der Waals surface area contributed by atoms with Crippen LogP contribution in [0.3, 0.4) is 0 Å². The molecular formula is C15H20ClNO2. The van der Waals surface area contributed by atoms with Gasteiger partial charge < -0.3 is 10.0 Å². The fourth-order valence-electron chi connectivity index (χ4n) is 2.70. The Hall–Kier alpha value is -1.22. The van der Waals surface area contributed by atoms with Gasteiger partial charge in [0.2, 0.25) is 0 Å². The molecule has 19 heavy (non-hydrogen) atoms. The van der Waals surface area contributed by atoms with E-state index in [0.29, 0.717) is 11.5 Å². The monoisotopic (exact) mass is 281 g/mol. The van der Waals surface area contributed by atoms with Gasteiger partial charge in [0.05, 0.1) is 5.02 Å². The molecule has 0 radical (unpaired) electrons. The van der Waals surface area contributed by atoms with Crippen LogP contribution in [-0.2, 0) is 0 Å². The van der Waals surface area contributed by atoms with Crippen LogP contribution in [0.25, 0.3) is 0 Å². The summed E-state index contributed by atoms with van der Waals surface area (Å²) in [6.07, 6.45) is 6.30. The average molecular weight is 282 g/mol. The van der Waals surface area contributed by atoms with E-state index in [-0.39, 0.29) is 16.7 Å². The van der Waals surface area contributed by atoms with Crippen molar-refractivity contribution in [1.29, 1.82) is 0 Å². The molecule has 1 aromatic carbocycles. The highest BCUT2D eigenvalue weighted by Gasteiger charge is 2.19. The molecule has 0 aliphatic heterocycles. The summed E-state index contributed by atoms with van der Waals surface area (Å²) in [7, 11) is 1.83. The maximum absolute atomic E-state index is 12.3. The zero-order valence-electron chi connectivity index (χ0n) is 11.2. The molecule has 2 rings (SSSR count). The zero-order chi connectivity index (χ0) is 13.8. The van der Waals surface area contributed by atoms with E-state index in [0.717, 1.165) is 6.54 Å². The van der Waals surface area contributed by atoms with Crippen LogP contribution in [0.4, 0.5) is 0 Å². The highest BCUT2D eigenvalue weighted by Crippen LogP contribution is 2.26. The van der Waals surface area contributed by atoms with E-state index in [2.05, 4.69) is 0 Å². The van der Waals surface area contributed by atoms with Crippen LogP contribution in [-0.4, -0.2) is 29.5 Å².